The highest BCUT2D eigenvalue weighted by molar-refractivity contribution is 8.15. The van der Waals surface area contributed by atoms with Gasteiger partial charge in [0.15, 0.2) is 0 Å². The fourth-order valence-corrected chi connectivity index (χ4v) is 3.62. The molecule has 0 bridgehead atoms. The van der Waals surface area contributed by atoms with E-state index >= 15 is 0 Å². The number of carbonyl (C=O) groups excluding carboxylic acids is 1. The molecule has 0 aliphatic rings. The van der Waals surface area contributed by atoms with Crippen LogP contribution in [0, 0.1) is 11.6 Å². The van der Waals surface area contributed by atoms with Crippen molar-refractivity contribution in [2.75, 3.05) is 5.32 Å². The van der Waals surface area contributed by atoms with Crippen molar-refractivity contribution < 1.29 is 17.8 Å². The number of anilines is 1. The van der Waals surface area contributed by atoms with Crippen molar-refractivity contribution in [2.45, 2.75) is 4.90 Å². The van der Waals surface area contributed by atoms with Crippen LogP contribution < -0.4 is 16.2 Å². The quantitative estimate of drug-likeness (QED) is 0.526. The monoisotopic (exact) mass is 403 g/mol. The molecule has 0 aliphatic carbocycles. The van der Waals surface area contributed by atoms with Crippen LogP contribution in [0.3, 0.4) is 0 Å². The van der Waals surface area contributed by atoms with Gasteiger partial charge < -0.3 is 11.1 Å². The third kappa shape index (κ3) is 4.79. The number of benzene rings is 2. The van der Waals surface area contributed by atoms with Gasteiger partial charge in [-0.1, -0.05) is 11.6 Å². The Morgan fingerprint density at radius 1 is 1.16 bits per heavy atom. The Balaban J connectivity index is 2.28. The number of hydrogen-bond acceptors (Lipinski definition) is 5. The minimum absolute atomic E-state index is 0.109. The highest BCUT2D eigenvalue weighted by atomic mass is 35.5. The summed E-state index contributed by atoms with van der Waals surface area (Å²) >= 11 is 6.30. The van der Waals surface area contributed by atoms with E-state index in [1.54, 1.807) is 0 Å². The Morgan fingerprint density at radius 2 is 1.80 bits per heavy atom. The van der Waals surface area contributed by atoms with E-state index in [2.05, 4.69) is 5.32 Å². The zero-order valence-electron chi connectivity index (χ0n) is 12.5. The lowest BCUT2D eigenvalue weighted by Crippen LogP contribution is -2.23. The molecule has 10 heteroatoms. The highest BCUT2D eigenvalue weighted by Crippen LogP contribution is 2.25. The zero-order chi connectivity index (χ0) is 18.6. The van der Waals surface area contributed by atoms with Crippen molar-refractivity contribution in [2.24, 2.45) is 10.9 Å². The van der Waals surface area contributed by atoms with E-state index < -0.39 is 34.0 Å². The standard InChI is InChI=1S/C15H12ClF2N3O2S2/c16-8-1-4-10(5-2-8)25(23)15(24-20)13(19)14(22)21-12-6-3-9(17)7-11(12)18/h1-7H,19-20H2,(H,21,22)/b15-13+. The minimum atomic E-state index is -1.83. The minimum Gasteiger partial charge on any atom is -0.393 e. The third-order valence-electron chi connectivity index (χ3n) is 2.95. The Kier molecular flexibility index (Phi) is 6.54. The molecular formula is C15H12ClF2N3O2S2. The Morgan fingerprint density at radius 3 is 2.36 bits per heavy atom. The average Bonchev–Trinajstić information content (AvgIpc) is 2.58. The first-order valence-corrected chi connectivity index (χ1v) is 9.04. The van der Waals surface area contributed by atoms with E-state index in [1.807, 2.05) is 0 Å². The van der Waals surface area contributed by atoms with Crippen LogP contribution in [0.4, 0.5) is 14.5 Å². The molecule has 0 saturated heterocycles. The van der Waals surface area contributed by atoms with Gasteiger partial charge in [-0.2, -0.15) is 0 Å². The number of amides is 1. The van der Waals surface area contributed by atoms with E-state index in [0.717, 1.165) is 12.1 Å². The Labute approximate surface area is 154 Å². The smallest absolute Gasteiger partial charge is 0.273 e. The summed E-state index contributed by atoms with van der Waals surface area (Å²) < 4.78 is 38.9. The van der Waals surface area contributed by atoms with Gasteiger partial charge in [0, 0.05) is 16.0 Å². The van der Waals surface area contributed by atoms with Crippen LogP contribution in [0.1, 0.15) is 0 Å². The van der Waals surface area contributed by atoms with Crippen LogP contribution in [0.25, 0.3) is 0 Å². The topological polar surface area (TPSA) is 98.2 Å². The van der Waals surface area contributed by atoms with Gasteiger partial charge >= 0.3 is 0 Å². The summed E-state index contributed by atoms with van der Waals surface area (Å²) in [4.78, 5) is 12.5. The van der Waals surface area contributed by atoms with Gasteiger partial charge in [0.25, 0.3) is 5.91 Å². The molecule has 5 N–H and O–H groups in total. The summed E-state index contributed by atoms with van der Waals surface area (Å²) in [5, 5.41) is 8.11. The average molecular weight is 404 g/mol. The van der Waals surface area contributed by atoms with Crippen molar-refractivity contribution in [1.82, 2.24) is 0 Å². The molecule has 5 nitrogen and oxygen atoms in total. The SMILES string of the molecule is NS/C(=C(\N)C(=O)Nc1ccc(F)cc1F)S(=O)c1ccc(Cl)cc1. The number of halogens is 3. The van der Waals surface area contributed by atoms with Crippen LogP contribution in [0.5, 0.6) is 0 Å². The summed E-state index contributed by atoms with van der Waals surface area (Å²) in [5.41, 5.74) is 5.01. The normalized spacial score (nSPS) is 13.1. The first-order valence-electron chi connectivity index (χ1n) is 6.63. The van der Waals surface area contributed by atoms with Crippen LogP contribution >= 0.6 is 23.5 Å². The molecule has 0 aromatic heterocycles. The second-order valence-corrected chi connectivity index (χ2v) is 7.38. The number of carbonyl (C=O) groups is 1. The number of rotatable bonds is 5. The van der Waals surface area contributed by atoms with Crippen molar-refractivity contribution in [1.29, 1.82) is 0 Å². The predicted octanol–water partition coefficient (Wildman–Crippen LogP) is 3.10. The Hall–Kier alpha value is -1.94. The molecule has 1 unspecified atom stereocenters. The molecule has 132 valence electrons. The molecule has 2 aromatic rings. The van der Waals surface area contributed by atoms with Crippen molar-refractivity contribution in [3.63, 3.8) is 0 Å². The van der Waals surface area contributed by atoms with Gasteiger partial charge in [0.1, 0.15) is 21.6 Å². The van der Waals surface area contributed by atoms with Crippen LogP contribution in [-0.4, -0.2) is 10.1 Å². The summed E-state index contributed by atoms with van der Waals surface area (Å²) in [6.45, 7) is 0. The molecule has 2 aromatic carbocycles. The lowest BCUT2D eigenvalue weighted by Gasteiger charge is -2.10. The third-order valence-corrected chi connectivity index (χ3v) is 5.63. The zero-order valence-corrected chi connectivity index (χ0v) is 14.9. The molecule has 0 aliphatic heterocycles. The summed E-state index contributed by atoms with van der Waals surface area (Å²) in [7, 11) is -1.83. The molecule has 0 heterocycles. The van der Waals surface area contributed by atoms with E-state index in [4.69, 9.17) is 22.5 Å². The molecule has 1 atom stereocenters. The summed E-state index contributed by atoms with van der Waals surface area (Å²) in [6.07, 6.45) is 0. The van der Waals surface area contributed by atoms with Gasteiger partial charge in [0.2, 0.25) is 0 Å². The van der Waals surface area contributed by atoms with Gasteiger partial charge in [0.05, 0.1) is 16.5 Å². The van der Waals surface area contributed by atoms with Crippen molar-refractivity contribution >= 4 is 45.9 Å². The molecule has 0 fully saturated rings. The Bertz CT molecular complexity index is 860. The largest absolute Gasteiger partial charge is 0.393 e. The highest BCUT2D eigenvalue weighted by Gasteiger charge is 2.20. The molecule has 0 radical (unpaired) electrons. The lowest BCUT2D eigenvalue weighted by atomic mass is 10.3. The van der Waals surface area contributed by atoms with E-state index in [-0.39, 0.29) is 9.92 Å². The van der Waals surface area contributed by atoms with Crippen LogP contribution in [0.2, 0.25) is 5.02 Å². The van der Waals surface area contributed by atoms with Crippen molar-refractivity contribution in [3.05, 3.63) is 69.1 Å². The maximum absolute atomic E-state index is 13.6. The molecule has 25 heavy (non-hydrogen) atoms. The van der Waals surface area contributed by atoms with Crippen LogP contribution in [0.15, 0.2) is 57.3 Å². The van der Waals surface area contributed by atoms with Gasteiger partial charge in [-0.25, -0.2) is 13.0 Å². The summed E-state index contributed by atoms with van der Waals surface area (Å²) in [5.74, 6) is -2.68. The number of nitrogens with two attached hydrogens (primary N) is 2. The predicted molar refractivity (Wildman–Crippen MR) is 95.8 cm³/mol. The van der Waals surface area contributed by atoms with Gasteiger partial charge in [-0.15, -0.1) is 0 Å². The number of nitrogens with one attached hydrogen (secondary N) is 1. The van der Waals surface area contributed by atoms with E-state index in [9.17, 15) is 17.8 Å². The van der Waals surface area contributed by atoms with Gasteiger partial charge in [-0.05, 0) is 48.3 Å². The fraction of sp³-hybridized carbons (Fsp3) is 0. The molecule has 0 saturated carbocycles. The molecule has 0 spiro atoms. The molecule has 2 rings (SSSR count). The first kappa shape index (κ1) is 19.4. The second kappa shape index (κ2) is 8.43. The summed E-state index contributed by atoms with van der Waals surface area (Å²) in [6, 6.07) is 8.68. The second-order valence-electron chi connectivity index (χ2n) is 4.62. The van der Waals surface area contributed by atoms with Gasteiger partial charge in [-0.3, -0.25) is 9.93 Å². The molecular weight excluding hydrogens is 392 g/mol. The molecule has 1 amide bonds. The number of hydrogen-bond donors (Lipinski definition) is 3. The van der Waals surface area contributed by atoms with Crippen molar-refractivity contribution in [3.8, 4) is 0 Å². The first-order chi connectivity index (χ1) is 11.8. The van der Waals surface area contributed by atoms with E-state index in [0.29, 0.717) is 27.9 Å². The van der Waals surface area contributed by atoms with Crippen LogP contribution in [-0.2, 0) is 15.6 Å². The van der Waals surface area contributed by atoms with E-state index in [1.165, 1.54) is 24.3 Å². The maximum atomic E-state index is 13.6. The fourth-order valence-electron chi connectivity index (χ4n) is 1.75. The maximum Gasteiger partial charge on any atom is 0.273 e. The lowest BCUT2D eigenvalue weighted by molar-refractivity contribution is -0.112.